The molecular formula is C31H33F3N6O2. The van der Waals surface area contributed by atoms with Gasteiger partial charge in [-0.2, -0.15) is 23.0 Å². The Bertz CT molecular complexity index is 1610. The Morgan fingerprint density at radius 3 is 2.55 bits per heavy atom. The number of Topliss-reactive ketones (excluding diaryl/α,β-unsaturated/α-hetero) is 1. The van der Waals surface area contributed by atoms with Crippen LogP contribution in [0.1, 0.15) is 63.8 Å². The number of carbonyl (C=O) groups is 1. The minimum Gasteiger partial charge on any atom is -0.395 e. The highest BCUT2D eigenvalue weighted by atomic mass is 19.4. The van der Waals surface area contributed by atoms with Gasteiger partial charge in [0, 0.05) is 47.6 Å². The van der Waals surface area contributed by atoms with Crippen molar-refractivity contribution in [3.8, 4) is 5.82 Å². The predicted octanol–water partition coefficient (Wildman–Crippen LogP) is 5.60. The Morgan fingerprint density at radius 1 is 1.07 bits per heavy atom. The zero-order chi connectivity index (χ0) is 30.1. The average molecular weight is 579 g/mol. The average Bonchev–Trinajstić information content (AvgIpc) is 3.68. The SMILES string of the molecule is CCc1cc(-n2nc(C)cc2Nc2cc(CC(=O)c3cc(C(F)(F)F)cc(C4(NCCO)CC4)c3)ccc2C)ncn1. The second kappa shape index (κ2) is 11.7. The number of benzene rings is 2. The molecule has 4 aromatic rings. The summed E-state index contributed by atoms with van der Waals surface area (Å²) in [5.74, 6) is 0.875. The smallest absolute Gasteiger partial charge is 0.395 e. The fourth-order valence-electron chi connectivity index (χ4n) is 5.01. The van der Waals surface area contributed by atoms with E-state index in [-0.39, 0.29) is 25.1 Å². The molecule has 220 valence electrons. The minimum atomic E-state index is -4.60. The van der Waals surface area contributed by atoms with Gasteiger partial charge in [-0.3, -0.25) is 4.79 Å². The van der Waals surface area contributed by atoms with Crippen LogP contribution >= 0.6 is 0 Å². The summed E-state index contributed by atoms with van der Waals surface area (Å²) in [5, 5.41) is 20.3. The lowest BCUT2D eigenvalue weighted by Crippen LogP contribution is -2.32. The summed E-state index contributed by atoms with van der Waals surface area (Å²) in [6.07, 6.45) is -1.14. The van der Waals surface area contributed by atoms with Crippen molar-refractivity contribution in [1.29, 1.82) is 0 Å². The maximum absolute atomic E-state index is 13.8. The van der Waals surface area contributed by atoms with E-state index < -0.39 is 23.1 Å². The van der Waals surface area contributed by atoms with Crippen LogP contribution in [0.4, 0.5) is 24.7 Å². The molecule has 0 radical (unpaired) electrons. The molecule has 2 aromatic carbocycles. The van der Waals surface area contributed by atoms with Gasteiger partial charge in [-0.25, -0.2) is 9.97 Å². The molecule has 3 N–H and O–H groups in total. The number of ketones is 1. The van der Waals surface area contributed by atoms with Crippen molar-refractivity contribution < 1.29 is 23.1 Å². The van der Waals surface area contributed by atoms with E-state index in [0.29, 0.717) is 35.6 Å². The van der Waals surface area contributed by atoms with Crippen LogP contribution in [0.25, 0.3) is 5.82 Å². The Hall–Kier alpha value is -4.09. The molecule has 1 aliphatic carbocycles. The van der Waals surface area contributed by atoms with Crippen LogP contribution in [0.15, 0.2) is 54.9 Å². The van der Waals surface area contributed by atoms with E-state index in [1.54, 1.807) is 16.8 Å². The summed E-state index contributed by atoms with van der Waals surface area (Å²) in [6.45, 7) is 5.94. The van der Waals surface area contributed by atoms with Gasteiger partial charge in [0.15, 0.2) is 11.6 Å². The summed E-state index contributed by atoms with van der Waals surface area (Å²) in [6, 6.07) is 12.8. The number of carbonyl (C=O) groups excluding carboxylic acids is 1. The molecule has 0 bridgehead atoms. The van der Waals surface area contributed by atoms with Crippen LogP contribution in [0.2, 0.25) is 0 Å². The lowest BCUT2D eigenvalue weighted by molar-refractivity contribution is -0.137. The molecule has 0 unspecified atom stereocenters. The van der Waals surface area contributed by atoms with Crippen molar-refractivity contribution in [2.24, 2.45) is 0 Å². The second-order valence-corrected chi connectivity index (χ2v) is 10.7. The third-order valence-corrected chi connectivity index (χ3v) is 7.51. The molecule has 5 rings (SSSR count). The van der Waals surface area contributed by atoms with Crippen molar-refractivity contribution in [3.05, 3.63) is 94.1 Å². The lowest BCUT2D eigenvalue weighted by Gasteiger charge is -2.20. The number of halogens is 3. The summed E-state index contributed by atoms with van der Waals surface area (Å²) in [7, 11) is 0. The van der Waals surface area contributed by atoms with E-state index in [4.69, 9.17) is 0 Å². The zero-order valence-corrected chi connectivity index (χ0v) is 23.7. The number of aromatic nitrogens is 4. The fourth-order valence-corrected chi connectivity index (χ4v) is 5.01. The highest BCUT2D eigenvalue weighted by molar-refractivity contribution is 5.98. The maximum atomic E-state index is 13.8. The van der Waals surface area contributed by atoms with Gasteiger partial charge in [0.25, 0.3) is 0 Å². The summed E-state index contributed by atoms with van der Waals surface area (Å²) >= 11 is 0. The number of nitrogens with one attached hydrogen (secondary N) is 2. The Kier molecular flexibility index (Phi) is 8.16. The summed E-state index contributed by atoms with van der Waals surface area (Å²) < 4.78 is 43.1. The molecule has 0 aliphatic heterocycles. The molecular weight excluding hydrogens is 545 g/mol. The van der Waals surface area contributed by atoms with E-state index in [1.807, 2.05) is 45.0 Å². The third-order valence-electron chi connectivity index (χ3n) is 7.51. The van der Waals surface area contributed by atoms with E-state index >= 15 is 0 Å². The van der Waals surface area contributed by atoms with Crippen molar-refractivity contribution in [3.63, 3.8) is 0 Å². The molecule has 2 aromatic heterocycles. The number of aliphatic hydroxyl groups is 1. The number of anilines is 2. The third kappa shape index (κ3) is 6.37. The van der Waals surface area contributed by atoms with Gasteiger partial charge >= 0.3 is 6.18 Å². The van der Waals surface area contributed by atoms with Crippen LogP contribution < -0.4 is 10.6 Å². The minimum absolute atomic E-state index is 0.0103. The normalized spacial score (nSPS) is 14.2. The van der Waals surface area contributed by atoms with E-state index in [9.17, 15) is 23.1 Å². The number of alkyl halides is 3. The first-order valence-corrected chi connectivity index (χ1v) is 13.9. The molecule has 0 atom stereocenters. The van der Waals surface area contributed by atoms with Crippen LogP contribution in [0, 0.1) is 13.8 Å². The molecule has 1 fully saturated rings. The second-order valence-electron chi connectivity index (χ2n) is 10.7. The molecule has 1 saturated carbocycles. The van der Waals surface area contributed by atoms with Gasteiger partial charge in [0.05, 0.1) is 17.9 Å². The van der Waals surface area contributed by atoms with Crippen LogP contribution in [-0.2, 0) is 24.6 Å². The quantitative estimate of drug-likeness (QED) is 0.199. The Balaban J connectivity index is 1.42. The first-order chi connectivity index (χ1) is 20.0. The number of aliphatic hydroxyl groups excluding tert-OH is 1. The van der Waals surface area contributed by atoms with Gasteiger partial charge in [0.2, 0.25) is 0 Å². The van der Waals surface area contributed by atoms with Gasteiger partial charge in [-0.15, -0.1) is 0 Å². The van der Waals surface area contributed by atoms with Crippen LogP contribution in [-0.4, -0.2) is 43.8 Å². The van der Waals surface area contributed by atoms with E-state index in [0.717, 1.165) is 41.2 Å². The molecule has 2 heterocycles. The standard InChI is InChI=1S/C31H33F3N6O2/c1-4-25-17-28(36-18-35-25)40-29(11-20(3)39-40)38-26-12-21(6-5-19(26)2)13-27(42)22-14-23(16-24(15-22)31(32,33)34)30(7-8-30)37-9-10-41/h5-6,11-12,14-18,37-38,41H,4,7-10,13H2,1-3H3. The molecule has 0 amide bonds. The summed E-state index contributed by atoms with van der Waals surface area (Å²) in [4.78, 5) is 22.0. The van der Waals surface area contributed by atoms with Gasteiger partial charge in [0.1, 0.15) is 12.1 Å². The van der Waals surface area contributed by atoms with Crippen molar-refractivity contribution in [2.75, 3.05) is 18.5 Å². The van der Waals surface area contributed by atoms with E-state index in [2.05, 4.69) is 25.7 Å². The van der Waals surface area contributed by atoms with Gasteiger partial charge < -0.3 is 15.7 Å². The molecule has 42 heavy (non-hydrogen) atoms. The number of hydrogen-bond donors (Lipinski definition) is 3. The topological polar surface area (TPSA) is 105 Å². The maximum Gasteiger partial charge on any atom is 0.416 e. The number of aryl methyl sites for hydroxylation is 3. The van der Waals surface area contributed by atoms with Crippen LogP contribution in [0.3, 0.4) is 0 Å². The van der Waals surface area contributed by atoms with Gasteiger partial charge in [-0.05, 0) is 74.1 Å². The van der Waals surface area contributed by atoms with Crippen molar-refractivity contribution in [1.82, 2.24) is 25.1 Å². The van der Waals surface area contributed by atoms with Crippen LogP contribution in [0.5, 0.6) is 0 Å². The predicted molar refractivity (Wildman–Crippen MR) is 153 cm³/mol. The molecule has 1 aliphatic rings. The highest BCUT2D eigenvalue weighted by Crippen LogP contribution is 2.47. The molecule has 0 spiro atoms. The lowest BCUT2D eigenvalue weighted by atomic mass is 9.94. The van der Waals surface area contributed by atoms with Crippen molar-refractivity contribution in [2.45, 2.75) is 58.2 Å². The fraction of sp³-hybridized carbons (Fsp3) is 0.355. The number of rotatable bonds is 11. The summed E-state index contributed by atoms with van der Waals surface area (Å²) in [5.41, 5.74) is 2.89. The molecule has 0 saturated heterocycles. The van der Waals surface area contributed by atoms with Gasteiger partial charge in [-0.1, -0.05) is 19.1 Å². The van der Waals surface area contributed by atoms with E-state index in [1.165, 1.54) is 6.33 Å². The highest BCUT2D eigenvalue weighted by Gasteiger charge is 2.45. The van der Waals surface area contributed by atoms with Crippen molar-refractivity contribution >= 4 is 17.3 Å². The number of hydrogen-bond acceptors (Lipinski definition) is 7. The zero-order valence-electron chi connectivity index (χ0n) is 23.7. The Morgan fingerprint density at radius 2 is 1.86 bits per heavy atom. The Labute approximate surface area is 242 Å². The first kappa shape index (κ1) is 29.4. The largest absolute Gasteiger partial charge is 0.416 e. The number of nitrogens with zero attached hydrogens (tertiary/aromatic N) is 4. The monoisotopic (exact) mass is 578 g/mol. The molecule has 11 heteroatoms. The first-order valence-electron chi connectivity index (χ1n) is 13.9. The molecule has 8 nitrogen and oxygen atoms in total.